The summed E-state index contributed by atoms with van der Waals surface area (Å²) in [4.78, 5) is 78.1. The Balaban J connectivity index is 1.08. The lowest BCUT2D eigenvalue weighted by Gasteiger charge is -2.30. The smallest absolute Gasteiger partial charge is 0.405 e. The van der Waals surface area contributed by atoms with E-state index in [1.807, 2.05) is 6.92 Å². The van der Waals surface area contributed by atoms with E-state index in [2.05, 4.69) is 21.3 Å². The summed E-state index contributed by atoms with van der Waals surface area (Å²) in [6, 6.07) is 13.6. The minimum absolute atomic E-state index is 0.0261. The van der Waals surface area contributed by atoms with Gasteiger partial charge in [-0.05, 0) is 105 Å². The summed E-state index contributed by atoms with van der Waals surface area (Å²) >= 11 is 5.54. The van der Waals surface area contributed by atoms with Crippen LogP contribution in [0.4, 0.5) is 10.5 Å². The van der Waals surface area contributed by atoms with Crippen LogP contribution >= 0.6 is 12.2 Å². The normalized spacial score (nSPS) is 21.1. The fourth-order valence-corrected chi connectivity index (χ4v) is 9.36. The van der Waals surface area contributed by atoms with Gasteiger partial charge in [0.25, 0.3) is 5.91 Å². The van der Waals surface area contributed by atoms with Gasteiger partial charge in [0.2, 0.25) is 11.6 Å². The number of ether oxygens (including phenoxy) is 3. The number of carbonyl (C=O) groups is 5. The van der Waals surface area contributed by atoms with Crippen LogP contribution in [0, 0.1) is 11.8 Å². The van der Waals surface area contributed by atoms with E-state index in [0.29, 0.717) is 59.3 Å². The topological polar surface area (TPSA) is 278 Å². The van der Waals surface area contributed by atoms with Crippen molar-refractivity contribution in [1.29, 1.82) is 0 Å². The Hall–Kier alpha value is -7.45. The average molecular weight is 1030 g/mol. The average Bonchev–Trinajstić information content (AvgIpc) is 3.35. The number of fused-ring (bicyclic) bond motifs is 4. The molecule has 2 aromatic rings. The van der Waals surface area contributed by atoms with Crippen molar-refractivity contribution in [2.45, 2.75) is 90.6 Å². The number of carbonyl (C=O) groups excluding carboxylic acids is 4. The van der Waals surface area contributed by atoms with Crippen LogP contribution in [-0.4, -0.2) is 102 Å². The van der Waals surface area contributed by atoms with E-state index >= 15 is 0 Å². The lowest BCUT2D eigenvalue weighted by molar-refractivity contribution is -0.120. The second-order valence-electron chi connectivity index (χ2n) is 18.5. The third-order valence-corrected chi connectivity index (χ3v) is 13.2. The monoisotopic (exact) mass is 1030 g/mol. The Morgan fingerprint density at radius 3 is 2.36 bits per heavy atom. The van der Waals surface area contributed by atoms with Crippen molar-refractivity contribution in [1.82, 2.24) is 16.0 Å². The Labute approximate surface area is 433 Å². The van der Waals surface area contributed by atoms with Crippen molar-refractivity contribution < 1.29 is 57.9 Å². The number of nitrogens with two attached hydrogens (primary N) is 1. The Bertz CT molecular complexity index is 2990. The van der Waals surface area contributed by atoms with Gasteiger partial charge >= 0.3 is 12.1 Å². The van der Waals surface area contributed by atoms with Gasteiger partial charge < -0.3 is 60.9 Å². The number of anilines is 1. The molecule has 0 saturated heterocycles. The minimum atomic E-state index is -1.19. The van der Waals surface area contributed by atoms with Gasteiger partial charge in [-0.1, -0.05) is 57.1 Å². The highest BCUT2D eigenvalue weighted by atomic mass is 32.1. The van der Waals surface area contributed by atoms with Gasteiger partial charge in [-0.2, -0.15) is 0 Å². The van der Waals surface area contributed by atoms with E-state index in [0.717, 1.165) is 25.3 Å². The van der Waals surface area contributed by atoms with Crippen LogP contribution in [0.15, 0.2) is 122 Å². The second kappa shape index (κ2) is 25.5. The Kier molecular flexibility index (Phi) is 19.2. The number of phenols is 1. The summed E-state index contributed by atoms with van der Waals surface area (Å²) in [5.74, 6) is -3.38. The summed E-state index contributed by atoms with van der Waals surface area (Å²) in [7, 11) is 2.90. The van der Waals surface area contributed by atoms with E-state index in [1.165, 1.54) is 63.6 Å². The molecule has 0 radical (unpaired) electrons. The highest BCUT2D eigenvalue weighted by Gasteiger charge is 2.34. The zero-order valence-corrected chi connectivity index (χ0v) is 42.9. The maximum atomic E-state index is 14.1. The molecule has 2 aliphatic heterocycles. The summed E-state index contributed by atoms with van der Waals surface area (Å²) < 4.78 is 22.7. The molecule has 9 N–H and O–H groups in total. The number of hydrogen-bond donors (Lipinski definition) is 8. The number of phenolic OH excluding ortho intramolecular Hbond substituents is 1. The molecule has 2 aliphatic carbocycles. The molecule has 4 aliphatic rings. The van der Waals surface area contributed by atoms with Crippen molar-refractivity contribution in [2.24, 2.45) is 17.6 Å². The number of carboxylic acids is 1. The number of amides is 2. The molecule has 6 atom stereocenters. The van der Waals surface area contributed by atoms with Crippen LogP contribution in [0.25, 0.3) is 33.4 Å². The number of allylic oxidation sites excluding steroid dienone is 4. The van der Waals surface area contributed by atoms with E-state index in [-0.39, 0.29) is 68.1 Å². The first-order valence-electron chi connectivity index (χ1n) is 24.2. The maximum absolute atomic E-state index is 14.1. The summed E-state index contributed by atoms with van der Waals surface area (Å²) in [6.45, 7) is 7.83. The first kappa shape index (κ1) is 55.9. The van der Waals surface area contributed by atoms with Crippen molar-refractivity contribution in [3.63, 3.8) is 0 Å². The number of rotatable bonds is 14. The molecule has 0 spiro atoms. The number of hydrogen-bond acceptors (Lipinski definition) is 14. The largest absolute Gasteiger partial charge is 0.508 e. The SMILES string of the molecule is CO[C@H]1C=CC=C(C)C(=O)NC2=CC(=O)C(NCCCCCCNC(=S)Nc3ccc(-c4c5ccc(=O)cc-5oc5cc(O)ccc45)c(C(=O)O)c3)=C(C[C@@H](C)C[C@H](OC)[C@H](O)[C@@H](C)C=C(C)[C@@H]1OC(N)=O)C2=O. The van der Waals surface area contributed by atoms with Gasteiger partial charge in [0.05, 0.1) is 29.2 Å². The molecular formula is C55H63N5O13S. The van der Waals surface area contributed by atoms with Crippen LogP contribution in [-0.2, 0) is 28.6 Å². The number of aromatic hydroxyl groups is 1. The summed E-state index contributed by atoms with van der Waals surface area (Å²) in [5, 5.41) is 44.9. The quantitative estimate of drug-likeness (QED) is 0.0204. The number of nitrogens with one attached hydrogen (secondary N) is 4. The second-order valence-corrected chi connectivity index (χ2v) is 18.9. The number of ketones is 2. The predicted molar refractivity (Wildman–Crippen MR) is 283 cm³/mol. The first-order valence-corrected chi connectivity index (χ1v) is 24.6. The predicted octanol–water partition coefficient (Wildman–Crippen LogP) is 7.18. The lowest BCUT2D eigenvalue weighted by atomic mass is 9.85. The number of carboxylic acid groups (broad SMARTS) is 1. The molecule has 2 bridgehead atoms. The van der Waals surface area contributed by atoms with Crippen LogP contribution in [0.5, 0.6) is 5.75 Å². The number of methoxy groups -OCH3 is 2. The molecule has 74 heavy (non-hydrogen) atoms. The van der Waals surface area contributed by atoms with Gasteiger partial charge in [0.1, 0.15) is 23.2 Å². The molecule has 0 saturated carbocycles. The van der Waals surface area contributed by atoms with Crippen molar-refractivity contribution in [3.05, 3.63) is 129 Å². The van der Waals surface area contributed by atoms with Crippen LogP contribution in [0.1, 0.15) is 76.6 Å². The van der Waals surface area contributed by atoms with Crippen molar-refractivity contribution in [2.75, 3.05) is 32.6 Å². The number of unbranched alkanes of at least 4 members (excludes halogenated alkanes) is 3. The molecule has 2 amide bonds. The fraction of sp³-hybridized carbons (Fsp3) is 0.364. The number of aromatic carboxylic acids is 1. The molecule has 0 aromatic heterocycles. The number of thiocarbonyl (C=S) groups is 1. The molecular weight excluding hydrogens is 971 g/mol. The molecule has 18 nitrogen and oxygen atoms in total. The van der Waals surface area contributed by atoms with Gasteiger partial charge in [-0.15, -0.1) is 0 Å². The lowest BCUT2D eigenvalue weighted by Crippen LogP contribution is -2.38. The molecule has 0 unspecified atom stereocenters. The Morgan fingerprint density at radius 2 is 1.66 bits per heavy atom. The summed E-state index contributed by atoms with van der Waals surface area (Å²) in [6.07, 6.45) is 6.32. The van der Waals surface area contributed by atoms with E-state index in [9.17, 15) is 44.1 Å². The van der Waals surface area contributed by atoms with Crippen molar-refractivity contribution in [3.8, 4) is 28.2 Å². The van der Waals surface area contributed by atoms with Crippen LogP contribution in [0.3, 0.4) is 0 Å². The minimum Gasteiger partial charge on any atom is -0.508 e. The van der Waals surface area contributed by atoms with Gasteiger partial charge in [-0.25, -0.2) is 9.59 Å². The Morgan fingerprint density at radius 1 is 0.932 bits per heavy atom. The molecule has 0 fully saturated rings. The number of aliphatic hydroxyl groups is 1. The van der Waals surface area contributed by atoms with E-state index in [1.54, 1.807) is 50.3 Å². The molecule has 6 rings (SSSR count). The first-order chi connectivity index (χ1) is 35.3. The molecule has 2 heterocycles. The zero-order valence-electron chi connectivity index (χ0n) is 42.1. The fourth-order valence-electron chi connectivity index (χ4n) is 9.14. The van der Waals surface area contributed by atoms with Gasteiger partial charge in [0.15, 0.2) is 16.6 Å². The molecule has 2 aromatic carbocycles. The highest BCUT2D eigenvalue weighted by molar-refractivity contribution is 7.80. The van der Waals surface area contributed by atoms with Crippen LogP contribution in [0.2, 0.25) is 0 Å². The van der Waals surface area contributed by atoms with Crippen molar-refractivity contribution >= 4 is 63.5 Å². The van der Waals surface area contributed by atoms with E-state index < -0.39 is 59.9 Å². The van der Waals surface area contributed by atoms with Crippen LogP contribution < -0.4 is 32.4 Å². The molecule has 19 heteroatoms. The number of primary amides is 1. The third-order valence-electron chi connectivity index (χ3n) is 12.9. The number of aliphatic hydroxyl groups excluding tert-OH is 1. The standard InChI is InChI=1S/C55H63N5O13S/c1-29-22-40-48(42(63)28-41(50(40)65)60-52(66)30(2)12-11-13-43(70-5)51(73-54(56)69)32(4)24-31(3)49(64)46(23-29)71-6)57-20-9-7-8-10-21-58-55(74)59-33-14-17-36(39(25-33)53(67)68)47-37-18-15-34(61)26-44(37)72-45-27-35(62)16-19-38(45)47/h11-19,24-29,31,43,46,49,51,57,61,64H,7-10,20-23H2,1-6H3,(H2,56,69)(H,60,66)(H,67,68)(H2,58,59,74)/t29-,31+,43+,46+,49-,51+/m1/s1. The third kappa shape index (κ3) is 14.0. The zero-order chi connectivity index (χ0) is 53.8. The van der Waals surface area contributed by atoms with E-state index in [4.69, 9.17) is 36.6 Å². The van der Waals surface area contributed by atoms with Gasteiger partial charge in [-0.3, -0.25) is 19.2 Å². The highest BCUT2D eigenvalue weighted by Crippen LogP contribution is 2.42. The number of benzene rings is 3. The maximum Gasteiger partial charge on any atom is 0.405 e. The van der Waals surface area contributed by atoms with Gasteiger partial charge in [0, 0.05) is 84.8 Å². The number of Topliss-reactive ketones (excluding diaryl/α,β-unsaturated/α-hetero) is 1. The molecule has 392 valence electrons. The summed E-state index contributed by atoms with van der Waals surface area (Å²) in [5.41, 5.74) is 8.18.